The SMILES string of the molecule is CCCCc1ccc(NC(=O)/C(C#N)=C/c2ccc(-c3ccccc3)o2)cc1. The lowest BCUT2D eigenvalue weighted by atomic mass is 10.1. The van der Waals surface area contributed by atoms with E-state index >= 15 is 0 Å². The van der Waals surface area contributed by atoms with Gasteiger partial charge in [-0.2, -0.15) is 5.26 Å². The van der Waals surface area contributed by atoms with Gasteiger partial charge in [-0.05, 0) is 42.7 Å². The van der Waals surface area contributed by atoms with Gasteiger partial charge in [0.15, 0.2) is 0 Å². The summed E-state index contributed by atoms with van der Waals surface area (Å²) in [7, 11) is 0. The summed E-state index contributed by atoms with van der Waals surface area (Å²) in [5.41, 5.74) is 2.83. The summed E-state index contributed by atoms with van der Waals surface area (Å²) in [5.74, 6) is 0.689. The first-order valence-corrected chi connectivity index (χ1v) is 9.37. The Morgan fingerprint density at radius 3 is 2.50 bits per heavy atom. The van der Waals surface area contributed by atoms with E-state index in [2.05, 4.69) is 12.2 Å². The van der Waals surface area contributed by atoms with Gasteiger partial charge in [0.2, 0.25) is 0 Å². The van der Waals surface area contributed by atoms with Crippen LogP contribution in [0.1, 0.15) is 31.1 Å². The van der Waals surface area contributed by atoms with Crippen LogP contribution < -0.4 is 5.32 Å². The minimum Gasteiger partial charge on any atom is -0.457 e. The van der Waals surface area contributed by atoms with E-state index in [1.54, 1.807) is 6.07 Å². The van der Waals surface area contributed by atoms with Crippen LogP contribution in [0.2, 0.25) is 0 Å². The van der Waals surface area contributed by atoms with E-state index in [4.69, 9.17) is 4.42 Å². The number of rotatable bonds is 7. The lowest BCUT2D eigenvalue weighted by molar-refractivity contribution is -0.112. The molecule has 0 unspecified atom stereocenters. The summed E-state index contributed by atoms with van der Waals surface area (Å²) in [6, 6.07) is 22.9. The highest BCUT2D eigenvalue weighted by Gasteiger charge is 2.11. The molecule has 1 aromatic heterocycles. The number of hydrogen-bond donors (Lipinski definition) is 1. The minimum absolute atomic E-state index is 0.0102. The molecule has 0 saturated carbocycles. The van der Waals surface area contributed by atoms with Crippen molar-refractivity contribution in [2.24, 2.45) is 0 Å². The van der Waals surface area contributed by atoms with Crippen molar-refractivity contribution in [1.29, 1.82) is 5.26 Å². The molecule has 0 saturated heterocycles. The molecule has 3 aromatic rings. The number of nitrogens with one attached hydrogen (secondary N) is 1. The first-order chi connectivity index (χ1) is 13.7. The maximum absolute atomic E-state index is 12.4. The Morgan fingerprint density at radius 1 is 1.07 bits per heavy atom. The van der Waals surface area contributed by atoms with Gasteiger partial charge in [0, 0.05) is 17.3 Å². The Labute approximate surface area is 165 Å². The lowest BCUT2D eigenvalue weighted by Crippen LogP contribution is -2.13. The summed E-state index contributed by atoms with van der Waals surface area (Å²) in [5, 5.41) is 12.1. The topological polar surface area (TPSA) is 66.0 Å². The molecule has 2 aromatic carbocycles. The average Bonchev–Trinajstić information content (AvgIpc) is 3.21. The van der Waals surface area contributed by atoms with E-state index < -0.39 is 5.91 Å². The fraction of sp³-hybridized carbons (Fsp3) is 0.167. The molecule has 0 aliphatic heterocycles. The van der Waals surface area contributed by atoms with Crippen molar-refractivity contribution in [3.63, 3.8) is 0 Å². The normalized spacial score (nSPS) is 11.1. The smallest absolute Gasteiger partial charge is 0.266 e. The Hall–Kier alpha value is -3.58. The predicted octanol–water partition coefficient (Wildman–Crippen LogP) is 5.83. The van der Waals surface area contributed by atoms with Crippen molar-refractivity contribution in [2.45, 2.75) is 26.2 Å². The third-order valence-electron chi connectivity index (χ3n) is 4.37. The summed E-state index contributed by atoms with van der Waals surface area (Å²) in [4.78, 5) is 12.4. The van der Waals surface area contributed by atoms with E-state index in [1.165, 1.54) is 11.6 Å². The molecular formula is C24H22N2O2. The molecule has 4 nitrogen and oxygen atoms in total. The van der Waals surface area contributed by atoms with Gasteiger partial charge in [0.05, 0.1) is 0 Å². The van der Waals surface area contributed by atoms with E-state index in [0.717, 1.165) is 24.8 Å². The third kappa shape index (κ3) is 4.99. The van der Waals surface area contributed by atoms with Gasteiger partial charge < -0.3 is 9.73 Å². The Morgan fingerprint density at radius 2 is 1.82 bits per heavy atom. The van der Waals surface area contributed by atoms with Gasteiger partial charge in [-0.25, -0.2) is 0 Å². The van der Waals surface area contributed by atoms with Crippen molar-refractivity contribution in [1.82, 2.24) is 0 Å². The lowest BCUT2D eigenvalue weighted by Gasteiger charge is -2.06. The van der Waals surface area contributed by atoms with Crippen molar-refractivity contribution >= 4 is 17.7 Å². The van der Waals surface area contributed by atoms with E-state index in [0.29, 0.717) is 17.2 Å². The molecule has 1 N–H and O–H groups in total. The third-order valence-corrected chi connectivity index (χ3v) is 4.37. The molecule has 140 valence electrons. The van der Waals surface area contributed by atoms with Gasteiger partial charge in [-0.1, -0.05) is 55.8 Å². The van der Waals surface area contributed by atoms with Gasteiger partial charge >= 0.3 is 0 Å². The molecule has 3 rings (SSSR count). The summed E-state index contributed by atoms with van der Waals surface area (Å²) >= 11 is 0. The number of anilines is 1. The quantitative estimate of drug-likeness (QED) is 0.420. The fourth-order valence-corrected chi connectivity index (χ4v) is 2.81. The van der Waals surface area contributed by atoms with Crippen LogP contribution in [-0.2, 0) is 11.2 Å². The van der Waals surface area contributed by atoms with Crippen LogP contribution in [0.25, 0.3) is 17.4 Å². The minimum atomic E-state index is -0.457. The first-order valence-electron chi connectivity index (χ1n) is 9.37. The van der Waals surface area contributed by atoms with Crippen molar-refractivity contribution < 1.29 is 9.21 Å². The van der Waals surface area contributed by atoms with E-state index in [-0.39, 0.29) is 5.57 Å². The number of nitriles is 1. The molecule has 0 spiro atoms. The Kier molecular flexibility index (Phi) is 6.43. The zero-order valence-corrected chi connectivity index (χ0v) is 15.8. The molecule has 0 aliphatic rings. The molecule has 28 heavy (non-hydrogen) atoms. The Bertz CT molecular complexity index is 993. The first kappa shape index (κ1) is 19.2. The standard InChI is InChI=1S/C24H22N2O2/c1-2-3-7-18-10-12-21(13-11-18)26-24(27)20(17-25)16-22-14-15-23(28-22)19-8-5-4-6-9-19/h4-6,8-16H,2-3,7H2,1H3,(H,26,27)/b20-16+. The number of hydrogen-bond acceptors (Lipinski definition) is 3. The Balaban J connectivity index is 1.70. The number of benzene rings is 2. The number of unbranched alkanes of at least 4 members (excludes halogenated alkanes) is 1. The molecule has 0 aliphatic carbocycles. The second kappa shape index (κ2) is 9.38. The summed E-state index contributed by atoms with van der Waals surface area (Å²) < 4.78 is 5.75. The maximum atomic E-state index is 12.4. The van der Waals surface area contributed by atoms with Crippen LogP contribution in [0.4, 0.5) is 5.69 Å². The van der Waals surface area contributed by atoms with Crippen LogP contribution in [0.5, 0.6) is 0 Å². The van der Waals surface area contributed by atoms with Crippen LogP contribution in [-0.4, -0.2) is 5.91 Å². The van der Waals surface area contributed by atoms with Gasteiger partial charge in [0.25, 0.3) is 5.91 Å². The van der Waals surface area contributed by atoms with Gasteiger partial charge in [-0.3, -0.25) is 4.79 Å². The molecule has 1 heterocycles. The number of amides is 1. The number of carbonyl (C=O) groups is 1. The maximum Gasteiger partial charge on any atom is 0.266 e. The highest BCUT2D eigenvalue weighted by Crippen LogP contribution is 2.23. The average molecular weight is 370 g/mol. The molecular weight excluding hydrogens is 348 g/mol. The zero-order valence-electron chi connectivity index (χ0n) is 15.8. The predicted molar refractivity (Wildman–Crippen MR) is 111 cm³/mol. The van der Waals surface area contributed by atoms with Crippen molar-refractivity contribution in [3.8, 4) is 17.4 Å². The largest absolute Gasteiger partial charge is 0.457 e. The fourth-order valence-electron chi connectivity index (χ4n) is 2.81. The van der Waals surface area contributed by atoms with Crippen molar-refractivity contribution in [2.75, 3.05) is 5.32 Å². The number of carbonyl (C=O) groups excluding carboxylic acids is 1. The van der Waals surface area contributed by atoms with Crippen LogP contribution >= 0.6 is 0 Å². The molecule has 4 heteroatoms. The second-order valence-corrected chi connectivity index (χ2v) is 6.49. The highest BCUT2D eigenvalue weighted by atomic mass is 16.3. The number of furan rings is 1. The summed E-state index contributed by atoms with van der Waals surface area (Å²) in [6.45, 7) is 2.16. The molecule has 1 amide bonds. The molecule has 0 bridgehead atoms. The number of aryl methyl sites for hydroxylation is 1. The molecule has 0 atom stereocenters. The highest BCUT2D eigenvalue weighted by molar-refractivity contribution is 6.09. The molecule has 0 fully saturated rings. The zero-order chi connectivity index (χ0) is 19.8. The second-order valence-electron chi connectivity index (χ2n) is 6.49. The monoisotopic (exact) mass is 370 g/mol. The van der Waals surface area contributed by atoms with Crippen LogP contribution in [0.15, 0.2) is 76.7 Å². The van der Waals surface area contributed by atoms with Gasteiger partial charge in [0.1, 0.15) is 23.2 Å². The molecule has 0 radical (unpaired) electrons. The number of nitrogens with zero attached hydrogens (tertiary/aromatic N) is 1. The van der Waals surface area contributed by atoms with Crippen LogP contribution in [0, 0.1) is 11.3 Å². The van der Waals surface area contributed by atoms with Gasteiger partial charge in [-0.15, -0.1) is 0 Å². The van der Waals surface area contributed by atoms with Crippen molar-refractivity contribution in [3.05, 3.63) is 83.6 Å². The summed E-state index contributed by atoms with van der Waals surface area (Å²) in [6.07, 6.45) is 4.77. The van der Waals surface area contributed by atoms with E-state index in [1.807, 2.05) is 66.7 Å². The van der Waals surface area contributed by atoms with E-state index in [9.17, 15) is 10.1 Å². The van der Waals surface area contributed by atoms with Crippen LogP contribution in [0.3, 0.4) is 0 Å².